The minimum atomic E-state index is 0.592. The van der Waals surface area contributed by atoms with Gasteiger partial charge in [-0.05, 0) is 34.6 Å². The number of nitrogens with two attached hydrogens (primary N) is 1. The number of H-pyrrole nitrogens is 1. The monoisotopic (exact) mass is 299 g/mol. The van der Waals surface area contributed by atoms with E-state index in [0.717, 1.165) is 33.1 Å². The van der Waals surface area contributed by atoms with E-state index in [9.17, 15) is 0 Å². The molecule has 3 N–H and O–H groups in total. The number of hydrogen-bond donors (Lipinski definition) is 2. The third kappa shape index (κ3) is 2.45. The van der Waals surface area contributed by atoms with E-state index in [1.807, 2.05) is 24.3 Å². The largest absolute Gasteiger partial charge is 0.336 e. The van der Waals surface area contributed by atoms with Gasteiger partial charge < -0.3 is 10.7 Å². The molecule has 0 saturated heterocycles. The second kappa shape index (κ2) is 4.99. The Morgan fingerprint density at radius 1 is 1.31 bits per heavy atom. The highest BCUT2D eigenvalue weighted by atomic mass is 79.9. The van der Waals surface area contributed by atoms with E-state index in [1.165, 1.54) is 0 Å². The van der Waals surface area contributed by atoms with E-state index in [1.54, 1.807) is 0 Å². The first-order valence-corrected chi connectivity index (χ1v) is 6.08. The van der Waals surface area contributed by atoms with Crippen molar-refractivity contribution in [3.8, 4) is 11.3 Å². The van der Waals surface area contributed by atoms with Crippen LogP contribution in [-0.4, -0.2) is 16.5 Å². The summed E-state index contributed by atoms with van der Waals surface area (Å²) in [5.41, 5.74) is 8.56. The summed E-state index contributed by atoms with van der Waals surface area (Å²) in [6, 6.07) is 7.60. The normalized spacial score (nSPS) is 10.7. The van der Waals surface area contributed by atoms with Crippen molar-refractivity contribution in [1.29, 1.82) is 0 Å². The Hall–Kier alpha value is -0.840. The van der Waals surface area contributed by atoms with Crippen LogP contribution in [-0.2, 0) is 6.42 Å². The molecule has 0 saturated carbocycles. The summed E-state index contributed by atoms with van der Waals surface area (Å²) in [7, 11) is 0. The number of halogens is 2. The predicted octanol–water partition coefficient (Wildman–Crippen LogP) is 2.99. The smallest absolute Gasteiger partial charge is 0.175 e. The Labute approximate surface area is 107 Å². The summed E-state index contributed by atoms with van der Waals surface area (Å²) >= 11 is 9.18. The molecule has 0 bridgehead atoms. The number of aromatic nitrogens is 2. The molecule has 0 spiro atoms. The molecule has 0 fully saturated rings. The maximum Gasteiger partial charge on any atom is 0.175 e. The van der Waals surface area contributed by atoms with Crippen molar-refractivity contribution in [1.82, 2.24) is 9.97 Å². The van der Waals surface area contributed by atoms with E-state index in [-0.39, 0.29) is 0 Å². The lowest BCUT2D eigenvalue weighted by molar-refractivity contribution is 0.934. The Balaban J connectivity index is 2.42. The lowest BCUT2D eigenvalue weighted by Gasteiger charge is -2.01. The zero-order valence-corrected chi connectivity index (χ0v) is 10.8. The van der Waals surface area contributed by atoms with E-state index in [2.05, 4.69) is 25.9 Å². The van der Waals surface area contributed by atoms with Crippen molar-refractivity contribution in [2.24, 2.45) is 5.73 Å². The maximum atomic E-state index is 5.85. The first-order valence-electron chi connectivity index (χ1n) is 4.91. The molecule has 2 rings (SSSR count). The SMILES string of the molecule is NCCc1[nH]c(Br)nc1-c1ccc(Cl)cc1. The molecule has 0 atom stereocenters. The molecule has 2 aromatic rings. The third-order valence-electron chi connectivity index (χ3n) is 2.26. The second-order valence-electron chi connectivity index (χ2n) is 3.40. The van der Waals surface area contributed by atoms with Gasteiger partial charge in [0.2, 0.25) is 0 Å². The van der Waals surface area contributed by atoms with Crippen LogP contribution in [0.1, 0.15) is 5.69 Å². The van der Waals surface area contributed by atoms with Gasteiger partial charge in [-0.25, -0.2) is 4.98 Å². The van der Waals surface area contributed by atoms with Crippen LogP contribution in [0.5, 0.6) is 0 Å². The van der Waals surface area contributed by atoms with E-state index < -0.39 is 0 Å². The molecule has 0 aliphatic heterocycles. The van der Waals surface area contributed by atoms with Crippen LogP contribution >= 0.6 is 27.5 Å². The number of benzene rings is 1. The zero-order valence-electron chi connectivity index (χ0n) is 8.50. The summed E-state index contributed by atoms with van der Waals surface area (Å²) in [4.78, 5) is 7.54. The molecule has 0 amide bonds. The van der Waals surface area contributed by atoms with Gasteiger partial charge in [0.25, 0.3) is 0 Å². The van der Waals surface area contributed by atoms with Gasteiger partial charge in [-0.3, -0.25) is 0 Å². The van der Waals surface area contributed by atoms with Crippen molar-refractivity contribution < 1.29 is 0 Å². The minimum Gasteiger partial charge on any atom is -0.336 e. The number of rotatable bonds is 3. The molecule has 16 heavy (non-hydrogen) atoms. The molecule has 3 nitrogen and oxygen atoms in total. The van der Waals surface area contributed by atoms with Crippen LogP contribution in [0.15, 0.2) is 29.0 Å². The highest BCUT2D eigenvalue weighted by Crippen LogP contribution is 2.25. The summed E-state index contributed by atoms with van der Waals surface area (Å²) in [6.07, 6.45) is 0.774. The molecule has 5 heteroatoms. The number of nitrogens with zero attached hydrogens (tertiary/aromatic N) is 1. The molecule has 0 aliphatic carbocycles. The second-order valence-corrected chi connectivity index (χ2v) is 4.59. The van der Waals surface area contributed by atoms with E-state index >= 15 is 0 Å². The fourth-order valence-corrected chi connectivity index (χ4v) is 2.09. The van der Waals surface area contributed by atoms with Crippen LogP contribution in [0.2, 0.25) is 5.02 Å². The van der Waals surface area contributed by atoms with Gasteiger partial charge in [-0.15, -0.1) is 0 Å². The minimum absolute atomic E-state index is 0.592. The number of imidazole rings is 1. The van der Waals surface area contributed by atoms with Gasteiger partial charge in [-0.2, -0.15) is 0 Å². The average molecular weight is 301 g/mol. The molecule has 0 radical (unpaired) electrons. The molecule has 1 aromatic carbocycles. The van der Waals surface area contributed by atoms with Crippen LogP contribution in [0.3, 0.4) is 0 Å². The maximum absolute atomic E-state index is 5.85. The fraction of sp³-hybridized carbons (Fsp3) is 0.182. The van der Waals surface area contributed by atoms with Crippen molar-refractivity contribution in [2.45, 2.75) is 6.42 Å². The first-order chi connectivity index (χ1) is 7.70. The summed E-state index contributed by atoms with van der Waals surface area (Å²) in [6.45, 7) is 0.592. The molecule has 84 valence electrons. The fourth-order valence-electron chi connectivity index (χ4n) is 1.55. The van der Waals surface area contributed by atoms with Gasteiger partial charge in [0, 0.05) is 22.7 Å². The summed E-state index contributed by atoms with van der Waals surface area (Å²) in [5, 5.41) is 0.721. The van der Waals surface area contributed by atoms with Crippen molar-refractivity contribution in [2.75, 3.05) is 6.54 Å². The molecule has 1 heterocycles. The van der Waals surface area contributed by atoms with Crippen molar-refractivity contribution in [3.63, 3.8) is 0 Å². The lowest BCUT2D eigenvalue weighted by atomic mass is 10.1. The quantitative estimate of drug-likeness (QED) is 0.915. The third-order valence-corrected chi connectivity index (χ3v) is 2.89. The van der Waals surface area contributed by atoms with Gasteiger partial charge >= 0.3 is 0 Å². The lowest BCUT2D eigenvalue weighted by Crippen LogP contribution is -2.04. The Bertz CT molecular complexity index is 478. The predicted molar refractivity (Wildman–Crippen MR) is 69.5 cm³/mol. The zero-order chi connectivity index (χ0) is 11.5. The molecular weight excluding hydrogens is 289 g/mol. The molecule has 0 aliphatic rings. The van der Waals surface area contributed by atoms with Gasteiger partial charge in [0.1, 0.15) is 0 Å². The van der Waals surface area contributed by atoms with Gasteiger partial charge in [0.15, 0.2) is 4.73 Å². The molecule has 0 unspecified atom stereocenters. The first kappa shape index (κ1) is 11.6. The topological polar surface area (TPSA) is 54.7 Å². The highest BCUT2D eigenvalue weighted by Gasteiger charge is 2.10. The Kier molecular flexibility index (Phi) is 3.63. The van der Waals surface area contributed by atoms with Gasteiger partial charge in [0.05, 0.1) is 5.69 Å². The highest BCUT2D eigenvalue weighted by molar-refractivity contribution is 9.10. The van der Waals surface area contributed by atoms with Crippen LogP contribution in [0, 0.1) is 0 Å². The molecule has 1 aromatic heterocycles. The Morgan fingerprint density at radius 3 is 2.62 bits per heavy atom. The number of hydrogen-bond acceptors (Lipinski definition) is 2. The summed E-state index contributed by atoms with van der Waals surface area (Å²) in [5.74, 6) is 0. The Morgan fingerprint density at radius 2 is 2.00 bits per heavy atom. The van der Waals surface area contributed by atoms with Crippen LogP contribution in [0.25, 0.3) is 11.3 Å². The number of aromatic amines is 1. The standard InChI is InChI=1S/C11H11BrClN3/c12-11-15-9(5-6-14)10(16-11)7-1-3-8(13)4-2-7/h1-4H,5-6,14H2,(H,15,16). The average Bonchev–Trinajstić information content (AvgIpc) is 2.61. The van der Waals surface area contributed by atoms with E-state index in [0.29, 0.717) is 6.54 Å². The van der Waals surface area contributed by atoms with Gasteiger partial charge in [-0.1, -0.05) is 23.7 Å². The van der Waals surface area contributed by atoms with Crippen molar-refractivity contribution in [3.05, 3.63) is 39.7 Å². The summed E-state index contributed by atoms with van der Waals surface area (Å²) < 4.78 is 0.723. The van der Waals surface area contributed by atoms with E-state index in [4.69, 9.17) is 17.3 Å². The van der Waals surface area contributed by atoms with Crippen molar-refractivity contribution >= 4 is 27.5 Å². The molecular formula is C11H11BrClN3. The van der Waals surface area contributed by atoms with Crippen LogP contribution < -0.4 is 5.73 Å². The number of nitrogens with one attached hydrogen (secondary N) is 1. The van der Waals surface area contributed by atoms with Crippen LogP contribution in [0.4, 0.5) is 0 Å².